The van der Waals surface area contributed by atoms with Gasteiger partial charge >= 0.3 is 0 Å². The highest BCUT2D eigenvalue weighted by Crippen LogP contribution is 2.09. The Balaban J connectivity index is 2.74. The molecule has 0 aliphatic heterocycles. The van der Waals surface area contributed by atoms with Crippen LogP contribution in [0.1, 0.15) is 22.8 Å². The van der Waals surface area contributed by atoms with Gasteiger partial charge in [0.05, 0.1) is 17.6 Å². The van der Waals surface area contributed by atoms with Gasteiger partial charge in [-0.25, -0.2) is 4.39 Å². The normalized spacial score (nSPS) is 11.6. The van der Waals surface area contributed by atoms with Crippen molar-refractivity contribution in [3.8, 4) is 6.07 Å². The van der Waals surface area contributed by atoms with Crippen LogP contribution in [0.4, 0.5) is 4.39 Å². The first-order valence-electron chi connectivity index (χ1n) is 4.98. The van der Waals surface area contributed by atoms with Crippen LogP contribution in [0.25, 0.3) is 0 Å². The number of carbonyl (C=O) groups is 1. The number of carbonyl (C=O) groups excluding carboxylic acids is 1. The molecule has 0 aliphatic carbocycles. The minimum absolute atomic E-state index is 0.0186. The van der Waals surface area contributed by atoms with E-state index in [9.17, 15) is 9.18 Å². The van der Waals surface area contributed by atoms with E-state index in [4.69, 9.17) is 5.26 Å². The fraction of sp³-hybridized carbons (Fsp3) is 0.333. The van der Waals surface area contributed by atoms with E-state index >= 15 is 0 Å². The molecule has 1 aromatic rings. The van der Waals surface area contributed by atoms with Crippen molar-refractivity contribution in [2.75, 3.05) is 6.54 Å². The summed E-state index contributed by atoms with van der Waals surface area (Å²) in [4.78, 5) is 11.6. The zero-order valence-corrected chi connectivity index (χ0v) is 9.25. The number of rotatable bonds is 3. The van der Waals surface area contributed by atoms with E-state index in [1.165, 1.54) is 12.1 Å². The molecule has 0 fully saturated rings. The summed E-state index contributed by atoms with van der Waals surface area (Å²) in [5.41, 5.74) is 0.838. The van der Waals surface area contributed by atoms with Gasteiger partial charge in [-0.2, -0.15) is 5.26 Å². The molecule has 3 nitrogen and oxygen atoms in total. The first-order chi connectivity index (χ1) is 7.54. The third-order valence-corrected chi connectivity index (χ3v) is 2.16. The Bertz CT molecular complexity index is 437. The van der Waals surface area contributed by atoms with Crippen molar-refractivity contribution in [3.05, 3.63) is 35.1 Å². The Morgan fingerprint density at radius 2 is 2.31 bits per heavy atom. The number of nitrogens with zero attached hydrogens (tertiary/aromatic N) is 1. The van der Waals surface area contributed by atoms with Gasteiger partial charge in [0.25, 0.3) is 5.91 Å². The minimum Gasteiger partial charge on any atom is -0.351 e. The molecule has 0 saturated heterocycles. The highest BCUT2D eigenvalue weighted by Gasteiger charge is 2.12. The van der Waals surface area contributed by atoms with Gasteiger partial charge < -0.3 is 5.32 Å². The second kappa shape index (κ2) is 5.26. The number of halogens is 1. The van der Waals surface area contributed by atoms with Crippen LogP contribution < -0.4 is 5.32 Å². The Kier molecular flexibility index (Phi) is 4.01. The van der Waals surface area contributed by atoms with Gasteiger partial charge in [-0.3, -0.25) is 4.79 Å². The molecule has 0 saturated carbocycles. The zero-order chi connectivity index (χ0) is 12.1. The first kappa shape index (κ1) is 12.2. The molecule has 0 aliphatic rings. The monoisotopic (exact) mass is 220 g/mol. The minimum atomic E-state index is -0.548. The van der Waals surface area contributed by atoms with E-state index in [1.807, 2.05) is 6.07 Å². The van der Waals surface area contributed by atoms with Gasteiger partial charge in [0, 0.05) is 6.54 Å². The van der Waals surface area contributed by atoms with Crippen LogP contribution in [0.2, 0.25) is 0 Å². The van der Waals surface area contributed by atoms with Crippen LogP contribution in [-0.4, -0.2) is 12.5 Å². The Morgan fingerprint density at radius 3 is 2.94 bits per heavy atom. The number of hydrogen-bond donors (Lipinski definition) is 1. The summed E-state index contributed by atoms with van der Waals surface area (Å²) < 4.78 is 13.3. The summed E-state index contributed by atoms with van der Waals surface area (Å²) in [6, 6.07) is 6.34. The number of hydrogen-bond acceptors (Lipinski definition) is 2. The SMILES string of the molecule is Cc1ccc(F)c(C(=O)NCC(C)C#N)c1. The quantitative estimate of drug-likeness (QED) is 0.847. The largest absolute Gasteiger partial charge is 0.351 e. The predicted molar refractivity (Wildman–Crippen MR) is 58.2 cm³/mol. The first-order valence-corrected chi connectivity index (χ1v) is 4.98. The van der Waals surface area contributed by atoms with Crippen molar-refractivity contribution >= 4 is 5.91 Å². The lowest BCUT2D eigenvalue weighted by Crippen LogP contribution is -2.28. The highest BCUT2D eigenvalue weighted by atomic mass is 19.1. The number of nitrogens with one attached hydrogen (secondary N) is 1. The van der Waals surface area contributed by atoms with E-state index in [0.717, 1.165) is 5.56 Å². The predicted octanol–water partition coefficient (Wildman–Crippen LogP) is 2.02. The molecule has 1 unspecified atom stereocenters. The third-order valence-electron chi connectivity index (χ3n) is 2.16. The number of benzene rings is 1. The third kappa shape index (κ3) is 3.06. The summed E-state index contributed by atoms with van der Waals surface area (Å²) >= 11 is 0. The molecule has 0 heterocycles. The fourth-order valence-electron chi connectivity index (χ4n) is 1.20. The summed E-state index contributed by atoms with van der Waals surface area (Å²) in [6.07, 6.45) is 0. The fourth-order valence-corrected chi connectivity index (χ4v) is 1.20. The van der Waals surface area contributed by atoms with Gasteiger partial charge in [0.15, 0.2) is 0 Å². The molecule has 4 heteroatoms. The van der Waals surface area contributed by atoms with Crippen LogP contribution in [-0.2, 0) is 0 Å². The average Bonchev–Trinajstić information content (AvgIpc) is 2.28. The van der Waals surface area contributed by atoms with Crippen molar-refractivity contribution in [3.63, 3.8) is 0 Å². The molecule has 84 valence electrons. The van der Waals surface area contributed by atoms with Crippen LogP contribution >= 0.6 is 0 Å². The Hall–Kier alpha value is -1.89. The topological polar surface area (TPSA) is 52.9 Å². The van der Waals surface area contributed by atoms with Crippen molar-refractivity contribution in [2.45, 2.75) is 13.8 Å². The molecule has 0 bridgehead atoms. The number of nitriles is 1. The summed E-state index contributed by atoms with van der Waals surface area (Å²) in [6.45, 7) is 3.70. The molecule has 1 amide bonds. The van der Waals surface area contributed by atoms with Gasteiger partial charge in [-0.05, 0) is 26.0 Å². The Labute approximate surface area is 93.9 Å². The summed E-state index contributed by atoms with van der Waals surface area (Å²) in [7, 11) is 0. The van der Waals surface area contributed by atoms with Crippen LogP contribution in [0.5, 0.6) is 0 Å². The molecular formula is C12H13FN2O. The molecule has 1 rings (SSSR count). The molecule has 1 atom stereocenters. The second-order valence-corrected chi connectivity index (χ2v) is 3.72. The molecule has 1 aromatic carbocycles. The Morgan fingerprint density at radius 1 is 1.62 bits per heavy atom. The maximum absolute atomic E-state index is 13.3. The standard InChI is InChI=1S/C12H13FN2O/c1-8-3-4-11(13)10(5-8)12(16)15-7-9(2)6-14/h3-5,9H,7H2,1-2H3,(H,15,16). The molecule has 0 spiro atoms. The number of amides is 1. The van der Waals surface area contributed by atoms with E-state index in [1.54, 1.807) is 19.9 Å². The van der Waals surface area contributed by atoms with Gasteiger partial charge in [-0.15, -0.1) is 0 Å². The van der Waals surface area contributed by atoms with Gasteiger partial charge in [0.1, 0.15) is 5.82 Å². The molecule has 16 heavy (non-hydrogen) atoms. The summed E-state index contributed by atoms with van der Waals surface area (Å²) in [5.74, 6) is -1.31. The number of aryl methyl sites for hydroxylation is 1. The highest BCUT2D eigenvalue weighted by molar-refractivity contribution is 5.94. The van der Waals surface area contributed by atoms with Crippen LogP contribution in [0.15, 0.2) is 18.2 Å². The lowest BCUT2D eigenvalue weighted by molar-refractivity contribution is 0.0946. The van der Waals surface area contributed by atoms with E-state index in [2.05, 4.69) is 5.32 Å². The molecule has 0 aromatic heterocycles. The lowest BCUT2D eigenvalue weighted by atomic mass is 10.1. The van der Waals surface area contributed by atoms with Crippen LogP contribution in [0.3, 0.4) is 0 Å². The van der Waals surface area contributed by atoms with Crippen molar-refractivity contribution < 1.29 is 9.18 Å². The maximum Gasteiger partial charge on any atom is 0.254 e. The maximum atomic E-state index is 13.3. The van der Waals surface area contributed by atoms with E-state index in [-0.39, 0.29) is 18.0 Å². The van der Waals surface area contributed by atoms with Gasteiger partial charge in [0.2, 0.25) is 0 Å². The van der Waals surface area contributed by atoms with Crippen molar-refractivity contribution in [2.24, 2.45) is 5.92 Å². The molecular weight excluding hydrogens is 207 g/mol. The van der Waals surface area contributed by atoms with E-state index in [0.29, 0.717) is 0 Å². The average molecular weight is 220 g/mol. The smallest absolute Gasteiger partial charge is 0.254 e. The van der Waals surface area contributed by atoms with Crippen molar-refractivity contribution in [1.82, 2.24) is 5.32 Å². The second-order valence-electron chi connectivity index (χ2n) is 3.72. The van der Waals surface area contributed by atoms with Crippen molar-refractivity contribution in [1.29, 1.82) is 5.26 Å². The van der Waals surface area contributed by atoms with Gasteiger partial charge in [-0.1, -0.05) is 11.6 Å². The molecule has 0 radical (unpaired) electrons. The summed E-state index contributed by atoms with van der Waals surface area (Å²) in [5, 5.41) is 11.1. The zero-order valence-electron chi connectivity index (χ0n) is 9.25. The van der Waals surface area contributed by atoms with Crippen LogP contribution in [0, 0.1) is 30.0 Å². The van der Waals surface area contributed by atoms with E-state index < -0.39 is 11.7 Å². The lowest BCUT2D eigenvalue weighted by Gasteiger charge is -2.07. The molecule has 1 N–H and O–H groups in total.